The Bertz CT molecular complexity index is 621. The van der Waals surface area contributed by atoms with Crippen molar-refractivity contribution in [3.63, 3.8) is 0 Å². The van der Waals surface area contributed by atoms with Crippen molar-refractivity contribution in [3.05, 3.63) is 64.7 Å². The molecule has 0 aliphatic rings. The van der Waals surface area contributed by atoms with Gasteiger partial charge in [-0.2, -0.15) is 0 Å². The molecule has 0 spiro atoms. The first-order valence-electron chi connectivity index (χ1n) is 7.15. The van der Waals surface area contributed by atoms with Gasteiger partial charge in [-0.1, -0.05) is 30.3 Å². The van der Waals surface area contributed by atoms with Crippen LogP contribution in [-0.4, -0.2) is 12.6 Å². The number of aryl methyl sites for hydroxylation is 2. The van der Waals surface area contributed by atoms with Crippen molar-refractivity contribution in [2.75, 3.05) is 12.3 Å². The maximum Gasteiger partial charge on any atom is 0.338 e. The highest BCUT2D eigenvalue weighted by molar-refractivity contribution is 5.92. The molecule has 2 rings (SSSR count). The van der Waals surface area contributed by atoms with Crippen LogP contribution < -0.4 is 5.73 Å². The van der Waals surface area contributed by atoms with Crippen molar-refractivity contribution in [1.29, 1.82) is 0 Å². The third-order valence-corrected chi connectivity index (χ3v) is 3.60. The van der Waals surface area contributed by atoms with Crippen LogP contribution in [0.25, 0.3) is 0 Å². The van der Waals surface area contributed by atoms with Crippen LogP contribution in [0.2, 0.25) is 0 Å². The molecular weight excluding hydrogens is 262 g/mol. The van der Waals surface area contributed by atoms with Crippen LogP contribution in [0, 0.1) is 13.8 Å². The smallest absolute Gasteiger partial charge is 0.338 e. The molecule has 2 aromatic rings. The lowest BCUT2D eigenvalue weighted by Crippen LogP contribution is -2.10. The van der Waals surface area contributed by atoms with Gasteiger partial charge in [-0.25, -0.2) is 4.79 Å². The highest BCUT2D eigenvalue weighted by atomic mass is 16.5. The Morgan fingerprint density at radius 2 is 1.86 bits per heavy atom. The molecule has 0 bridgehead atoms. The van der Waals surface area contributed by atoms with Crippen LogP contribution in [-0.2, 0) is 11.2 Å². The minimum atomic E-state index is -0.295. The average Bonchev–Trinajstić information content (AvgIpc) is 2.48. The predicted octanol–water partition coefficient (Wildman–Crippen LogP) is 3.68. The van der Waals surface area contributed by atoms with Crippen molar-refractivity contribution in [2.45, 2.75) is 26.7 Å². The second-order valence-electron chi connectivity index (χ2n) is 5.24. The Kier molecular flexibility index (Phi) is 4.99. The summed E-state index contributed by atoms with van der Waals surface area (Å²) in [5.41, 5.74) is 10.1. The van der Waals surface area contributed by atoms with Crippen molar-refractivity contribution >= 4 is 11.7 Å². The minimum absolute atomic E-state index is 0.295. The molecule has 2 aromatic carbocycles. The summed E-state index contributed by atoms with van der Waals surface area (Å²) in [6.45, 7) is 4.27. The van der Waals surface area contributed by atoms with Gasteiger partial charge < -0.3 is 10.5 Å². The van der Waals surface area contributed by atoms with E-state index in [2.05, 4.69) is 12.1 Å². The summed E-state index contributed by atoms with van der Waals surface area (Å²) in [7, 11) is 0. The Hall–Kier alpha value is -2.29. The SMILES string of the molecule is Cc1cc(N)cc(C(=O)OCCCc2ccccc2)c1C. The van der Waals surface area contributed by atoms with E-state index >= 15 is 0 Å². The summed E-state index contributed by atoms with van der Waals surface area (Å²) >= 11 is 0. The molecule has 3 nitrogen and oxygen atoms in total. The van der Waals surface area contributed by atoms with E-state index in [0.29, 0.717) is 17.9 Å². The minimum Gasteiger partial charge on any atom is -0.462 e. The topological polar surface area (TPSA) is 52.3 Å². The normalized spacial score (nSPS) is 10.4. The molecule has 0 radical (unpaired) electrons. The van der Waals surface area contributed by atoms with Crippen LogP contribution >= 0.6 is 0 Å². The molecule has 3 heteroatoms. The summed E-state index contributed by atoms with van der Waals surface area (Å²) in [5, 5.41) is 0. The molecule has 0 saturated carbocycles. The van der Waals surface area contributed by atoms with Gasteiger partial charge in [-0.15, -0.1) is 0 Å². The number of benzene rings is 2. The molecule has 0 aliphatic heterocycles. The van der Waals surface area contributed by atoms with E-state index in [1.807, 2.05) is 38.1 Å². The Balaban J connectivity index is 1.88. The Labute approximate surface area is 125 Å². The summed E-state index contributed by atoms with van der Waals surface area (Å²) in [4.78, 5) is 12.1. The number of esters is 1. The van der Waals surface area contributed by atoms with Crippen LogP contribution in [0.3, 0.4) is 0 Å². The van der Waals surface area contributed by atoms with Gasteiger partial charge in [0, 0.05) is 5.69 Å². The fourth-order valence-corrected chi connectivity index (χ4v) is 2.26. The van der Waals surface area contributed by atoms with Gasteiger partial charge in [0.1, 0.15) is 0 Å². The molecule has 2 N–H and O–H groups in total. The number of hydrogen-bond donors (Lipinski definition) is 1. The summed E-state index contributed by atoms with van der Waals surface area (Å²) in [5.74, 6) is -0.295. The van der Waals surface area contributed by atoms with Gasteiger partial charge in [0.2, 0.25) is 0 Å². The average molecular weight is 283 g/mol. The number of nitrogens with two attached hydrogens (primary N) is 1. The summed E-state index contributed by atoms with van der Waals surface area (Å²) < 4.78 is 5.35. The molecule has 0 aliphatic carbocycles. The lowest BCUT2D eigenvalue weighted by molar-refractivity contribution is 0.0499. The van der Waals surface area contributed by atoms with Crippen LogP contribution in [0.1, 0.15) is 33.5 Å². The van der Waals surface area contributed by atoms with Crippen molar-refractivity contribution in [3.8, 4) is 0 Å². The standard InChI is InChI=1S/C18H21NO2/c1-13-11-16(19)12-17(14(13)2)18(20)21-10-6-9-15-7-4-3-5-8-15/h3-5,7-8,11-12H,6,9-10,19H2,1-2H3. The van der Waals surface area contributed by atoms with Crippen molar-refractivity contribution in [1.82, 2.24) is 0 Å². The molecule has 0 heterocycles. The number of ether oxygens (including phenoxy) is 1. The maximum absolute atomic E-state index is 12.1. The number of anilines is 1. The van der Waals surface area contributed by atoms with Gasteiger partial charge >= 0.3 is 5.97 Å². The van der Waals surface area contributed by atoms with Crippen LogP contribution in [0.5, 0.6) is 0 Å². The van der Waals surface area contributed by atoms with E-state index < -0.39 is 0 Å². The van der Waals surface area contributed by atoms with E-state index in [1.165, 1.54) is 5.56 Å². The lowest BCUT2D eigenvalue weighted by Gasteiger charge is -2.10. The zero-order valence-corrected chi connectivity index (χ0v) is 12.6. The van der Waals surface area contributed by atoms with E-state index in [9.17, 15) is 4.79 Å². The van der Waals surface area contributed by atoms with Crippen LogP contribution in [0.15, 0.2) is 42.5 Å². The Morgan fingerprint density at radius 3 is 2.57 bits per heavy atom. The monoisotopic (exact) mass is 283 g/mol. The van der Waals surface area contributed by atoms with Gasteiger partial charge in [-0.05, 0) is 55.5 Å². The van der Waals surface area contributed by atoms with Crippen molar-refractivity contribution in [2.24, 2.45) is 0 Å². The largest absolute Gasteiger partial charge is 0.462 e. The Morgan fingerprint density at radius 1 is 1.14 bits per heavy atom. The number of rotatable bonds is 5. The van der Waals surface area contributed by atoms with Gasteiger partial charge in [0.25, 0.3) is 0 Å². The zero-order chi connectivity index (χ0) is 15.2. The highest BCUT2D eigenvalue weighted by Gasteiger charge is 2.12. The first-order valence-corrected chi connectivity index (χ1v) is 7.15. The predicted molar refractivity (Wildman–Crippen MR) is 85.4 cm³/mol. The van der Waals surface area contributed by atoms with Gasteiger partial charge in [-0.3, -0.25) is 0 Å². The van der Waals surface area contributed by atoms with E-state index in [4.69, 9.17) is 10.5 Å². The summed E-state index contributed by atoms with van der Waals surface area (Å²) in [6, 6.07) is 13.7. The fourth-order valence-electron chi connectivity index (χ4n) is 2.26. The number of hydrogen-bond acceptors (Lipinski definition) is 3. The summed E-state index contributed by atoms with van der Waals surface area (Å²) in [6.07, 6.45) is 1.72. The molecule has 0 aromatic heterocycles. The van der Waals surface area contributed by atoms with E-state index in [-0.39, 0.29) is 5.97 Å². The van der Waals surface area contributed by atoms with Crippen LogP contribution in [0.4, 0.5) is 5.69 Å². The second-order valence-corrected chi connectivity index (χ2v) is 5.24. The third kappa shape index (κ3) is 4.09. The van der Waals surface area contributed by atoms with Gasteiger partial charge in [0.15, 0.2) is 0 Å². The number of carbonyl (C=O) groups excluding carboxylic acids is 1. The molecule has 0 saturated heterocycles. The first kappa shape index (κ1) is 15.1. The van der Waals surface area contributed by atoms with E-state index in [1.54, 1.807) is 6.07 Å². The molecular formula is C18H21NO2. The van der Waals surface area contributed by atoms with Gasteiger partial charge in [0.05, 0.1) is 12.2 Å². The quantitative estimate of drug-likeness (QED) is 0.517. The third-order valence-electron chi connectivity index (χ3n) is 3.60. The first-order chi connectivity index (χ1) is 10.1. The lowest BCUT2D eigenvalue weighted by atomic mass is 10.0. The molecule has 0 unspecified atom stereocenters. The molecule has 0 atom stereocenters. The number of carbonyl (C=O) groups is 1. The number of nitrogen functional groups attached to an aromatic ring is 1. The molecule has 0 fully saturated rings. The van der Waals surface area contributed by atoms with Crippen molar-refractivity contribution < 1.29 is 9.53 Å². The molecule has 0 amide bonds. The second kappa shape index (κ2) is 6.93. The zero-order valence-electron chi connectivity index (χ0n) is 12.6. The molecule has 110 valence electrons. The van der Waals surface area contributed by atoms with E-state index in [0.717, 1.165) is 24.0 Å². The maximum atomic E-state index is 12.1. The highest BCUT2D eigenvalue weighted by Crippen LogP contribution is 2.18. The molecule has 21 heavy (non-hydrogen) atoms. The fraction of sp³-hybridized carbons (Fsp3) is 0.278.